The van der Waals surface area contributed by atoms with Gasteiger partial charge in [0, 0.05) is 17.8 Å². The van der Waals surface area contributed by atoms with Crippen LogP contribution in [0.2, 0.25) is 0 Å². The van der Waals surface area contributed by atoms with Crippen LogP contribution in [0.3, 0.4) is 0 Å². The molecule has 96 valence electrons. The lowest BCUT2D eigenvalue weighted by atomic mass is 10.1. The molecule has 0 aliphatic heterocycles. The molecule has 2 heterocycles. The van der Waals surface area contributed by atoms with Gasteiger partial charge in [0.05, 0.1) is 22.6 Å². The minimum atomic E-state index is -1.08. The van der Waals surface area contributed by atoms with Crippen molar-refractivity contribution in [3.63, 3.8) is 0 Å². The Morgan fingerprint density at radius 2 is 2.11 bits per heavy atom. The van der Waals surface area contributed by atoms with E-state index in [1.807, 2.05) is 13.8 Å². The molecule has 0 bridgehead atoms. The van der Waals surface area contributed by atoms with Gasteiger partial charge in [-0.15, -0.1) is 0 Å². The Kier molecular flexibility index (Phi) is 3.77. The zero-order valence-electron chi connectivity index (χ0n) is 10.0. The number of rotatable bonds is 3. The summed E-state index contributed by atoms with van der Waals surface area (Å²) in [6.07, 6.45) is 3.05. The van der Waals surface area contributed by atoms with E-state index in [1.54, 1.807) is 10.9 Å². The average molecular weight is 314 g/mol. The van der Waals surface area contributed by atoms with Crippen LogP contribution in [-0.4, -0.2) is 19.9 Å². The van der Waals surface area contributed by atoms with Crippen molar-refractivity contribution in [2.45, 2.75) is 26.0 Å². The summed E-state index contributed by atoms with van der Waals surface area (Å²) in [5.74, 6) is -0.534. The summed E-state index contributed by atoms with van der Waals surface area (Å²) in [7, 11) is 0. The van der Waals surface area contributed by atoms with Crippen LogP contribution in [0.4, 0.5) is 4.39 Å². The van der Waals surface area contributed by atoms with Gasteiger partial charge < -0.3 is 5.11 Å². The van der Waals surface area contributed by atoms with Gasteiger partial charge >= 0.3 is 0 Å². The standard InChI is InChI=1S/C12H13BrFN3O/c1-7(2)17-11(9(13)5-16-17)12(18)8-3-4-15-6-10(8)14/h3-7,12,18H,1-2H3. The summed E-state index contributed by atoms with van der Waals surface area (Å²) < 4.78 is 15.9. The molecule has 0 fully saturated rings. The minimum Gasteiger partial charge on any atom is -0.382 e. The highest BCUT2D eigenvalue weighted by Gasteiger charge is 2.23. The van der Waals surface area contributed by atoms with E-state index in [-0.39, 0.29) is 11.6 Å². The predicted molar refractivity (Wildman–Crippen MR) is 68.6 cm³/mol. The average Bonchev–Trinajstić information content (AvgIpc) is 2.71. The smallest absolute Gasteiger partial charge is 0.147 e. The quantitative estimate of drug-likeness (QED) is 0.948. The molecule has 0 amide bonds. The van der Waals surface area contributed by atoms with Gasteiger partial charge in [-0.25, -0.2) is 4.39 Å². The zero-order valence-corrected chi connectivity index (χ0v) is 11.6. The lowest BCUT2D eigenvalue weighted by Crippen LogP contribution is -2.13. The molecule has 4 nitrogen and oxygen atoms in total. The summed E-state index contributed by atoms with van der Waals surface area (Å²) in [4.78, 5) is 3.67. The molecule has 1 unspecified atom stereocenters. The highest BCUT2D eigenvalue weighted by molar-refractivity contribution is 9.10. The largest absolute Gasteiger partial charge is 0.382 e. The maximum atomic E-state index is 13.6. The highest BCUT2D eigenvalue weighted by Crippen LogP contribution is 2.31. The number of nitrogens with zero attached hydrogens (tertiary/aromatic N) is 3. The van der Waals surface area contributed by atoms with Crippen molar-refractivity contribution in [2.75, 3.05) is 0 Å². The van der Waals surface area contributed by atoms with Gasteiger partial charge in [0.1, 0.15) is 11.9 Å². The van der Waals surface area contributed by atoms with Gasteiger partial charge in [0.15, 0.2) is 0 Å². The Hall–Kier alpha value is -1.27. The van der Waals surface area contributed by atoms with Gasteiger partial charge in [0.25, 0.3) is 0 Å². The maximum Gasteiger partial charge on any atom is 0.147 e. The fourth-order valence-corrected chi connectivity index (χ4v) is 2.26. The van der Waals surface area contributed by atoms with E-state index in [1.165, 1.54) is 12.3 Å². The molecule has 1 atom stereocenters. The van der Waals surface area contributed by atoms with Crippen LogP contribution in [0.15, 0.2) is 29.1 Å². The molecule has 0 aromatic carbocycles. The fraction of sp³-hybridized carbons (Fsp3) is 0.333. The number of hydrogen-bond acceptors (Lipinski definition) is 3. The van der Waals surface area contributed by atoms with E-state index >= 15 is 0 Å². The summed E-state index contributed by atoms with van der Waals surface area (Å²) in [5, 5.41) is 14.5. The molecule has 2 aromatic heterocycles. The van der Waals surface area contributed by atoms with Gasteiger partial charge in [-0.2, -0.15) is 5.10 Å². The first-order valence-corrected chi connectivity index (χ1v) is 6.32. The number of hydrogen-bond donors (Lipinski definition) is 1. The van der Waals surface area contributed by atoms with E-state index in [9.17, 15) is 9.50 Å². The summed E-state index contributed by atoms with van der Waals surface area (Å²) in [5.41, 5.74) is 0.725. The third kappa shape index (κ3) is 2.30. The molecule has 2 aromatic rings. The Balaban J connectivity index is 2.49. The zero-order chi connectivity index (χ0) is 13.3. The molecule has 0 aliphatic rings. The van der Waals surface area contributed by atoms with E-state index in [0.717, 1.165) is 6.20 Å². The number of halogens is 2. The second kappa shape index (κ2) is 5.16. The van der Waals surface area contributed by atoms with Gasteiger partial charge in [-0.1, -0.05) is 0 Å². The first-order valence-electron chi connectivity index (χ1n) is 5.52. The van der Waals surface area contributed by atoms with Crippen molar-refractivity contribution >= 4 is 15.9 Å². The Morgan fingerprint density at radius 1 is 1.39 bits per heavy atom. The molecule has 0 spiro atoms. The third-order valence-electron chi connectivity index (χ3n) is 2.63. The molecule has 1 N–H and O–H groups in total. The first kappa shape index (κ1) is 13.2. The lowest BCUT2D eigenvalue weighted by Gasteiger charge is -2.17. The number of aliphatic hydroxyl groups excluding tert-OH is 1. The van der Waals surface area contributed by atoms with Crippen molar-refractivity contribution < 1.29 is 9.50 Å². The Labute approximate surface area is 113 Å². The van der Waals surface area contributed by atoms with Crippen molar-refractivity contribution in [2.24, 2.45) is 0 Å². The van der Waals surface area contributed by atoms with Gasteiger partial charge in [-0.3, -0.25) is 9.67 Å². The van der Waals surface area contributed by atoms with E-state index in [2.05, 4.69) is 26.0 Å². The number of aromatic nitrogens is 3. The van der Waals surface area contributed by atoms with Crippen LogP contribution in [0, 0.1) is 5.82 Å². The van der Waals surface area contributed by atoms with Crippen molar-refractivity contribution in [1.82, 2.24) is 14.8 Å². The van der Waals surface area contributed by atoms with Crippen molar-refractivity contribution in [1.29, 1.82) is 0 Å². The third-order valence-corrected chi connectivity index (χ3v) is 3.24. The van der Waals surface area contributed by atoms with Crippen molar-refractivity contribution in [3.05, 3.63) is 46.2 Å². The normalized spacial score (nSPS) is 13.0. The van der Waals surface area contributed by atoms with E-state index < -0.39 is 11.9 Å². The molecular formula is C12H13BrFN3O. The predicted octanol–water partition coefficient (Wildman–Crippen LogP) is 2.84. The van der Waals surface area contributed by atoms with Crippen LogP contribution in [0.5, 0.6) is 0 Å². The van der Waals surface area contributed by atoms with Crippen LogP contribution in [0.1, 0.15) is 37.3 Å². The lowest BCUT2D eigenvalue weighted by molar-refractivity contribution is 0.199. The monoisotopic (exact) mass is 313 g/mol. The van der Waals surface area contributed by atoms with Crippen LogP contribution >= 0.6 is 15.9 Å². The van der Waals surface area contributed by atoms with Crippen molar-refractivity contribution in [3.8, 4) is 0 Å². The number of pyridine rings is 1. The molecule has 0 aliphatic carbocycles. The van der Waals surface area contributed by atoms with E-state index in [0.29, 0.717) is 10.2 Å². The summed E-state index contributed by atoms with van der Waals surface area (Å²) >= 11 is 3.33. The molecule has 0 saturated carbocycles. The molecule has 0 saturated heterocycles. The topological polar surface area (TPSA) is 50.9 Å². The second-order valence-electron chi connectivity index (χ2n) is 4.22. The van der Waals surface area contributed by atoms with Gasteiger partial charge in [0.2, 0.25) is 0 Å². The van der Waals surface area contributed by atoms with Gasteiger partial charge in [-0.05, 0) is 35.8 Å². The minimum absolute atomic E-state index is 0.0749. The highest BCUT2D eigenvalue weighted by atomic mass is 79.9. The summed E-state index contributed by atoms with van der Waals surface area (Å²) in [6, 6.07) is 1.54. The maximum absolute atomic E-state index is 13.6. The molecule has 6 heteroatoms. The van der Waals surface area contributed by atoms with E-state index in [4.69, 9.17) is 0 Å². The molecule has 18 heavy (non-hydrogen) atoms. The molecule has 0 radical (unpaired) electrons. The molecular weight excluding hydrogens is 301 g/mol. The fourth-order valence-electron chi connectivity index (χ4n) is 1.77. The van der Waals surface area contributed by atoms with Crippen LogP contribution < -0.4 is 0 Å². The molecule has 2 rings (SSSR count). The first-order chi connectivity index (χ1) is 8.52. The van der Waals surface area contributed by atoms with Crippen LogP contribution in [-0.2, 0) is 0 Å². The van der Waals surface area contributed by atoms with Crippen LogP contribution in [0.25, 0.3) is 0 Å². The summed E-state index contributed by atoms with van der Waals surface area (Å²) in [6.45, 7) is 3.89. The Bertz CT molecular complexity index is 556. The second-order valence-corrected chi connectivity index (χ2v) is 5.07. The number of aliphatic hydroxyl groups is 1. The Morgan fingerprint density at radius 3 is 2.72 bits per heavy atom. The SMILES string of the molecule is CC(C)n1ncc(Br)c1C(O)c1ccncc1F.